The molecule has 0 radical (unpaired) electrons. The number of nitrogens with zero attached hydrogens (tertiary/aromatic N) is 1. The Morgan fingerprint density at radius 2 is 1.37 bits per heavy atom. The van der Waals surface area contributed by atoms with E-state index in [1.165, 1.54) is 7.05 Å². The number of benzene rings is 4. The van der Waals surface area contributed by atoms with E-state index in [1.54, 1.807) is 60.7 Å². The van der Waals surface area contributed by atoms with Gasteiger partial charge in [0.2, 0.25) is 0 Å². The third-order valence-corrected chi connectivity index (χ3v) is 7.56. The molecule has 7 heteroatoms. The summed E-state index contributed by atoms with van der Waals surface area (Å²) in [7, 11) is -2.69. The molecule has 4 aromatic rings. The molecule has 174 valence electrons. The molecular weight excluding hydrogens is 460 g/mol. The molecule has 1 heterocycles. The lowest BCUT2D eigenvalue weighted by Gasteiger charge is -2.31. The molecule has 1 aliphatic rings. The Balaban J connectivity index is 1.64. The Kier molecular flexibility index (Phi) is 5.84. The summed E-state index contributed by atoms with van der Waals surface area (Å²) >= 11 is 0. The average molecular weight is 483 g/mol. The van der Waals surface area contributed by atoms with Crippen molar-refractivity contribution in [1.82, 2.24) is 0 Å². The summed E-state index contributed by atoms with van der Waals surface area (Å²) in [5.74, 6) is 0.252. The first-order valence-electron chi connectivity index (χ1n) is 11.0. The molecule has 35 heavy (non-hydrogen) atoms. The molecule has 0 spiro atoms. The minimum Gasteiger partial charge on any atom is -0.455 e. The highest BCUT2D eigenvalue weighted by Gasteiger charge is 2.39. The molecule has 1 aliphatic heterocycles. The molecule has 5 rings (SSSR count). The number of sulfonamides is 1. The van der Waals surface area contributed by atoms with Gasteiger partial charge in [-0.15, -0.1) is 0 Å². The van der Waals surface area contributed by atoms with Gasteiger partial charge in [0.15, 0.2) is 10.7 Å². The fraction of sp³-hybridized carbons (Fsp3) is 0.0357. The second-order valence-electron chi connectivity index (χ2n) is 7.93. The fourth-order valence-corrected chi connectivity index (χ4v) is 5.52. The molecular formula is C28H22N2O4S. The monoisotopic (exact) mass is 482 g/mol. The SMILES string of the molecule is CN1c2ccccc2C(c2ccccc2)=C(C(=O)Nc2ccccc2Oc2ccccc2)S1(=O)=O. The highest BCUT2D eigenvalue weighted by molar-refractivity contribution is 7.97. The Morgan fingerprint density at radius 3 is 2.11 bits per heavy atom. The van der Waals surface area contributed by atoms with Crippen LogP contribution in [-0.2, 0) is 14.8 Å². The van der Waals surface area contributed by atoms with Crippen LogP contribution in [0.1, 0.15) is 11.1 Å². The van der Waals surface area contributed by atoms with Crippen molar-refractivity contribution in [3.63, 3.8) is 0 Å². The van der Waals surface area contributed by atoms with Crippen LogP contribution in [0.2, 0.25) is 0 Å². The first-order valence-corrected chi connectivity index (χ1v) is 12.4. The summed E-state index contributed by atoms with van der Waals surface area (Å²) in [5.41, 5.74) is 2.53. The summed E-state index contributed by atoms with van der Waals surface area (Å²) < 4.78 is 34.4. The largest absolute Gasteiger partial charge is 0.455 e. The molecule has 0 bridgehead atoms. The van der Waals surface area contributed by atoms with E-state index in [1.807, 2.05) is 48.5 Å². The highest BCUT2D eigenvalue weighted by Crippen LogP contribution is 2.42. The van der Waals surface area contributed by atoms with E-state index in [0.29, 0.717) is 39.6 Å². The van der Waals surface area contributed by atoms with Crippen molar-refractivity contribution in [2.75, 3.05) is 16.7 Å². The lowest BCUT2D eigenvalue weighted by molar-refractivity contribution is -0.112. The number of nitrogens with one attached hydrogen (secondary N) is 1. The lowest BCUT2D eigenvalue weighted by atomic mass is 9.95. The predicted molar refractivity (Wildman–Crippen MR) is 138 cm³/mol. The van der Waals surface area contributed by atoms with Crippen LogP contribution in [0, 0.1) is 0 Å². The maximum atomic E-state index is 13.7. The van der Waals surface area contributed by atoms with Crippen LogP contribution >= 0.6 is 0 Å². The minimum absolute atomic E-state index is 0.320. The highest BCUT2D eigenvalue weighted by atomic mass is 32.2. The van der Waals surface area contributed by atoms with Crippen molar-refractivity contribution >= 4 is 32.9 Å². The van der Waals surface area contributed by atoms with Crippen molar-refractivity contribution in [3.05, 3.63) is 125 Å². The van der Waals surface area contributed by atoms with Gasteiger partial charge >= 0.3 is 0 Å². The van der Waals surface area contributed by atoms with Crippen LogP contribution < -0.4 is 14.4 Å². The Hall–Kier alpha value is -4.36. The number of amides is 1. The molecule has 0 atom stereocenters. The number of fused-ring (bicyclic) bond motifs is 1. The van der Waals surface area contributed by atoms with Gasteiger partial charge in [-0.05, 0) is 35.9 Å². The first kappa shape index (κ1) is 22.4. The van der Waals surface area contributed by atoms with Crippen LogP contribution in [-0.4, -0.2) is 21.4 Å². The van der Waals surface area contributed by atoms with Crippen LogP contribution in [0.4, 0.5) is 11.4 Å². The molecule has 0 saturated heterocycles. The summed E-state index contributed by atoms with van der Waals surface area (Å²) in [6.07, 6.45) is 0. The van der Waals surface area contributed by atoms with E-state index in [2.05, 4.69) is 5.32 Å². The molecule has 0 aliphatic carbocycles. The van der Waals surface area contributed by atoms with Crippen molar-refractivity contribution in [3.8, 4) is 11.5 Å². The van der Waals surface area contributed by atoms with E-state index in [4.69, 9.17) is 4.74 Å². The molecule has 0 unspecified atom stereocenters. The van der Waals surface area contributed by atoms with Crippen molar-refractivity contribution in [2.45, 2.75) is 0 Å². The fourth-order valence-electron chi connectivity index (χ4n) is 4.05. The minimum atomic E-state index is -4.14. The number of carbonyl (C=O) groups is 1. The van der Waals surface area contributed by atoms with Crippen LogP contribution in [0.25, 0.3) is 5.57 Å². The van der Waals surface area contributed by atoms with E-state index >= 15 is 0 Å². The van der Waals surface area contributed by atoms with Gasteiger partial charge in [0.1, 0.15) is 5.75 Å². The molecule has 0 aromatic heterocycles. The standard InChI is InChI=1S/C28H22N2O4S/c1-30-24-18-10-8-16-22(24)26(20-12-4-2-5-13-20)27(35(30,32)33)28(31)29-23-17-9-11-19-25(23)34-21-14-6-3-7-15-21/h2-19H,1H3,(H,29,31). The van der Waals surface area contributed by atoms with Crippen LogP contribution in [0.3, 0.4) is 0 Å². The molecule has 0 saturated carbocycles. The van der Waals surface area contributed by atoms with Gasteiger partial charge < -0.3 is 10.1 Å². The summed E-state index contributed by atoms with van der Waals surface area (Å²) in [6.45, 7) is 0. The van der Waals surface area contributed by atoms with Crippen molar-refractivity contribution < 1.29 is 17.9 Å². The van der Waals surface area contributed by atoms with Crippen molar-refractivity contribution in [1.29, 1.82) is 0 Å². The lowest BCUT2D eigenvalue weighted by Crippen LogP contribution is -2.37. The third kappa shape index (κ3) is 4.18. The molecule has 1 amide bonds. The zero-order chi connectivity index (χ0) is 24.4. The normalized spacial score (nSPS) is 14.3. The van der Waals surface area contributed by atoms with Gasteiger partial charge in [-0.3, -0.25) is 9.10 Å². The van der Waals surface area contributed by atoms with Gasteiger partial charge in [-0.25, -0.2) is 8.42 Å². The number of ether oxygens (including phenoxy) is 1. The molecule has 0 fully saturated rings. The number of carbonyl (C=O) groups excluding carboxylic acids is 1. The third-order valence-electron chi connectivity index (χ3n) is 5.73. The number of para-hydroxylation sites is 4. The van der Waals surface area contributed by atoms with E-state index in [-0.39, 0.29) is 4.91 Å². The van der Waals surface area contributed by atoms with Crippen LogP contribution in [0.15, 0.2) is 114 Å². The second kappa shape index (κ2) is 9.12. The van der Waals surface area contributed by atoms with E-state index in [0.717, 1.165) is 4.31 Å². The summed E-state index contributed by atoms with van der Waals surface area (Å²) in [5, 5.41) is 2.78. The molecule has 6 nitrogen and oxygen atoms in total. The molecule has 4 aromatic carbocycles. The zero-order valence-electron chi connectivity index (χ0n) is 18.9. The first-order chi connectivity index (χ1) is 17.0. The second-order valence-corrected chi connectivity index (χ2v) is 9.83. The Labute approximate surface area is 204 Å². The topological polar surface area (TPSA) is 75.7 Å². The maximum Gasteiger partial charge on any atom is 0.270 e. The van der Waals surface area contributed by atoms with Gasteiger partial charge in [0.05, 0.1) is 11.4 Å². The predicted octanol–water partition coefficient (Wildman–Crippen LogP) is 5.66. The quantitative estimate of drug-likeness (QED) is 0.398. The van der Waals surface area contributed by atoms with Crippen molar-refractivity contribution in [2.24, 2.45) is 0 Å². The zero-order valence-corrected chi connectivity index (χ0v) is 19.7. The van der Waals surface area contributed by atoms with Gasteiger partial charge in [-0.1, -0.05) is 78.9 Å². The summed E-state index contributed by atoms with van der Waals surface area (Å²) in [4.78, 5) is 13.4. The molecule has 1 N–H and O–H groups in total. The Bertz CT molecular complexity index is 1530. The van der Waals surface area contributed by atoms with E-state index in [9.17, 15) is 13.2 Å². The Morgan fingerprint density at radius 1 is 0.771 bits per heavy atom. The smallest absolute Gasteiger partial charge is 0.270 e. The number of hydrogen-bond acceptors (Lipinski definition) is 4. The van der Waals surface area contributed by atoms with Crippen LogP contribution in [0.5, 0.6) is 11.5 Å². The number of hydrogen-bond donors (Lipinski definition) is 1. The number of anilines is 2. The van der Waals surface area contributed by atoms with Gasteiger partial charge in [-0.2, -0.15) is 0 Å². The number of rotatable bonds is 5. The van der Waals surface area contributed by atoms with Gasteiger partial charge in [0, 0.05) is 18.2 Å². The summed E-state index contributed by atoms with van der Waals surface area (Å²) in [6, 6.07) is 32.3. The average Bonchev–Trinajstić information content (AvgIpc) is 2.88. The van der Waals surface area contributed by atoms with E-state index < -0.39 is 15.9 Å². The maximum absolute atomic E-state index is 13.7. The van der Waals surface area contributed by atoms with Gasteiger partial charge in [0.25, 0.3) is 15.9 Å².